The van der Waals surface area contributed by atoms with Gasteiger partial charge in [-0.05, 0) is 19.1 Å². The Hall–Kier alpha value is -2.88. The normalized spacial score (nSPS) is 11.5. The number of esters is 1. The van der Waals surface area contributed by atoms with Crippen LogP contribution in [0.1, 0.15) is 23.0 Å². The van der Waals surface area contributed by atoms with Crippen LogP contribution in [-0.4, -0.2) is 32.4 Å². The third kappa shape index (κ3) is 3.40. The number of aromatic nitrogens is 3. The number of nitrogens with zero attached hydrogens (tertiary/aromatic N) is 3. The van der Waals surface area contributed by atoms with Crippen molar-refractivity contribution in [1.29, 1.82) is 0 Å². The lowest BCUT2D eigenvalue weighted by Gasteiger charge is -2.10. The lowest BCUT2D eigenvalue weighted by atomic mass is 10.2. The average molecular weight is 383 g/mol. The third-order valence-corrected chi connectivity index (χ3v) is 4.16. The Balaban J connectivity index is 2.06. The minimum atomic E-state index is -4.82. The van der Waals surface area contributed by atoms with Gasteiger partial charge in [0.15, 0.2) is 5.69 Å². The van der Waals surface area contributed by atoms with Gasteiger partial charge < -0.3 is 9.84 Å². The monoisotopic (exact) mass is 383 g/mol. The van der Waals surface area contributed by atoms with Crippen LogP contribution in [0.25, 0.3) is 16.4 Å². The molecular weight excluding hydrogens is 371 g/mol. The highest BCUT2D eigenvalue weighted by atomic mass is 32.1. The van der Waals surface area contributed by atoms with Gasteiger partial charge in [-0.25, -0.2) is 14.5 Å². The Morgan fingerprint density at radius 2 is 2.15 bits per heavy atom. The molecule has 0 amide bonds. The summed E-state index contributed by atoms with van der Waals surface area (Å²) in [6.07, 6.45) is -4.01. The summed E-state index contributed by atoms with van der Waals surface area (Å²) in [7, 11) is 0. The highest BCUT2D eigenvalue weighted by molar-refractivity contribution is 7.12. The molecule has 0 aliphatic rings. The first-order valence-corrected chi connectivity index (χ1v) is 8.27. The number of phenolic OH excluding ortho intramolecular Hbond substituents is 1. The number of thiazole rings is 1. The van der Waals surface area contributed by atoms with Gasteiger partial charge in [-0.2, -0.15) is 18.3 Å². The number of phenols is 1. The summed E-state index contributed by atoms with van der Waals surface area (Å²) in [6.45, 7) is 1.44. The molecule has 0 saturated heterocycles. The Bertz CT molecular complexity index is 950. The summed E-state index contributed by atoms with van der Waals surface area (Å²) in [6, 6.07) is 6.17. The second-order valence-electron chi connectivity index (χ2n) is 5.10. The fraction of sp³-hybridized carbons (Fsp3) is 0.188. The van der Waals surface area contributed by atoms with Crippen molar-refractivity contribution in [3.8, 4) is 22.1 Å². The average Bonchev–Trinajstić information content (AvgIpc) is 3.21. The SMILES string of the molecule is CCOC(=O)c1cnn(-c2nc(-c3cccc(O)c3)cs2)c1C(F)(F)F. The van der Waals surface area contributed by atoms with Crippen molar-refractivity contribution < 1.29 is 27.8 Å². The second kappa shape index (κ2) is 6.79. The molecule has 3 aromatic rings. The van der Waals surface area contributed by atoms with Gasteiger partial charge in [0.05, 0.1) is 18.5 Å². The molecule has 2 heterocycles. The summed E-state index contributed by atoms with van der Waals surface area (Å²) < 4.78 is 45.7. The van der Waals surface area contributed by atoms with E-state index in [1.807, 2.05) is 0 Å². The number of carbonyl (C=O) groups is 1. The van der Waals surface area contributed by atoms with Gasteiger partial charge in [-0.15, -0.1) is 11.3 Å². The van der Waals surface area contributed by atoms with E-state index in [1.165, 1.54) is 24.4 Å². The predicted molar refractivity (Wildman–Crippen MR) is 87.3 cm³/mol. The molecule has 0 fully saturated rings. The standard InChI is InChI=1S/C16H12F3N3O3S/c1-2-25-14(24)11-7-20-22(13(11)16(17,18)19)15-21-12(8-26-15)9-4-3-5-10(23)6-9/h3-8,23H,2H2,1H3. The quantitative estimate of drug-likeness (QED) is 0.692. The Labute approximate surface area is 149 Å². The molecule has 10 heteroatoms. The molecule has 1 aromatic carbocycles. The fourth-order valence-electron chi connectivity index (χ4n) is 2.28. The molecule has 1 N–H and O–H groups in total. The maximum Gasteiger partial charge on any atom is 0.434 e. The second-order valence-corrected chi connectivity index (χ2v) is 5.94. The van der Waals surface area contributed by atoms with Crippen molar-refractivity contribution >= 4 is 17.3 Å². The van der Waals surface area contributed by atoms with Gasteiger partial charge in [-0.3, -0.25) is 0 Å². The van der Waals surface area contributed by atoms with Crippen molar-refractivity contribution in [1.82, 2.24) is 14.8 Å². The van der Waals surface area contributed by atoms with E-state index >= 15 is 0 Å². The van der Waals surface area contributed by atoms with Crippen LogP contribution in [0.15, 0.2) is 35.8 Å². The van der Waals surface area contributed by atoms with Crippen molar-refractivity contribution in [3.05, 3.63) is 47.1 Å². The maximum absolute atomic E-state index is 13.5. The Kier molecular flexibility index (Phi) is 4.68. The molecule has 0 aliphatic carbocycles. The number of ether oxygens (including phenoxy) is 1. The number of benzene rings is 1. The van der Waals surface area contributed by atoms with Gasteiger partial charge in [0.1, 0.15) is 11.3 Å². The molecule has 26 heavy (non-hydrogen) atoms. The zero-order chi connectivity index (χ0) is 18.9. The van der Waals surface area contributed by atoms with E-state index in [0.29, 0.717) is 15.9 Å². The van der Waals surface area contributed by atoms with E-state index in [0.717, 1.165) is 17.5 Å². The summed E-state index contributed by atoms with van der Waals surface area (Å²) in [5.41, 5.74) is -0.998. The van der Waals surface area contributed by atoms with E-state index < -0.39 is 23.4 Å². The first kappa shape index (κ1) is 17.9. The van der Waals surface area contributed by atoms with Crippen molar-refractivity contribution in [2.24, 2.45) is 0 Å². The molecule has 2 aromatic heterocycles. The molecule has 0 unspecified atom stereocenters. The van der Waals surface area contributed by atoms with Gasteiger partial charge >= 0.3 is 12.1 Å². The number of hydrogen-bond donors (Lipinski definition) is 1. The zero-order valence-electron chi connectivity index (χ0n) is 13.3. The fourth-order valence-corrected chi connectivity index (χ4v) is 3.08. The highest BCUT2D eigenvalue weighted by Gasteiger charge is 2.41. The zero-order valence-corrected chi connectivity index (χ0v) is 14.1. The van der Waals surface area contributed by atoms with Gasteiger partial charge in [-0.1, -0.05) is 12.1 Å². The number of rotatable bonds is 4. The minimum Gasteiger partial charge on any atom is -0.508 e. The van der Waals surface area contributed by atoms with Crippen LogP contribution >= 0.6 is 11.3 Å². The summed E-state index contributed by atoms with van der Waals surface area (Å²) in [4.78, 5) is 15.9. The molecule has 0 aliphatic heterocycles. The van der Waals surface area contributed by atoms with Gasteiger partial charge in [0, 0.05) is 10.9 Å². The largest absolute Gasteiger partial charge is 0.508 e. The summed E-state index contributed by atoms with van der Waals surface area (Å²) >= 11 is 0.928. The third-order valence-electron chi connectivity index (χ3n) is 3.35. The molecule has 0 spiro atoms. The molecule has 0 atom stereocenters. The number of halogens is 3. The van der Waals surface area contributed by atoms with E-state index in [9.17, 15) is 23.1 Å². The Morgan fingerprint density at radius 1 is 1.38 bits per heavy atom. The van der Waals surface area contributed by atoms with Crippen LogP contribution in [-0.2, 0) is 10.9 Å². The molecular formula is C16H12F3N3O3S. The first-order chi connectivity index (χ1) is 12.3. The maximum atomic E-state index is 13.5. The highest BCUT2D eigenvalue weighted by Crippen LogP contribution is 2.35. The molecule has 6 nitrogen and oxygen atoms in total. The Morgan fingerprint density at radius 3 is 2.81 bits per heavy atom. The van der Waals surface area contributed by atoms with Crippen molar-refractivity contribution in [3.63, 3.8) is 0 Å². The minimum absolute atomic E-state index is 0.0108. The molecule has 3 rings (SSSR count). The smallest absolute Gasteiger partial charge is 0.434 e. The number of hydrogen-bond acceptors (Lipinski definition) is 6. The molecule has 0 radical (unpaired) electrons. The van der Waals surface area contributed by atoms with Crippen LogP contribution in [0.2, 0.25) is 0 Å². The van der Waals surface area contributed by atoms with E-state index in [1.54, 1.807) is 12.1 Å². The molecule has 0 saturated carbocycles. The lowest BCUT2D eigenvalue weighted by molar-refractivity contribution is -0.143. The van der Waals surface area contributed by atoms with E-state index in [4.69, 9.17) is 0 Å². The van der Waals surface area contributed by atoms with Crippen molar-refractivity contribution in [2.75, 3.05) is 6.61 Å². The van der Waals surface area contributed by atoms with E-state index in [2.05, 4.69) is 14.8 Å². The van der Waals surface area contributed by atoms with Crippen LogP contribution in [0.3, 0.4) is 0 Å². The molecule has 136 valence electrons. The predicted octanol–water partition coefficient (Wildman–Crippen LogP) is 3.90. The lowest BCUT2D eigenvalue weighted by Crippen LogP contribution is -2.18. The van der Waals surface area contributed by atoms with E-state index in [-0.39, 0.29) is 17.5 Å². The number of aromatic hydroxyl groups is 1. The summed E-state index contributed by atoms with van der Waals surface area (Å²) in [5.74, 6) is -1.09. The van der Waals surface area contributed by atoms with Crippen LogP contribution < -0.4 is 0 Å². The summed E-state index contributed by atoms with van der Waals surface area (Å²) in [5, 5.41) is 14.7. The van der Waals surface area contributed by atoms with Gasteiger partial charge in [0.25, 0.3) is 0 Å². The van der Waals surface area contributed by atoms with Gasteiger partial charge in [0.2, 0.25) is 5.13 Å². The molecule has 0 bridgehead atoms. The topological polar surface area (TPSA) is 77.2 Å². The van der Waals surface area contributed by atoms with Crippen LogP contribution in [0.4, 0.5) is 13.2 Å². The van der Waals surface area contributed by atoms with Crippen LogP contribution in [0, 0.1) is 0 Å². The van der Waals surface area contributed by atoms with Crippen LogP contribution in [0.5, 0.6) is 5.75 Å². The first-order valence-electron chi connectivity index (χ1n) is 7.39. The number of alkyl halides is 3. The number of carbonyl (C=O) groups excluding carboxylic acids is 1. The van der Waals surface area contributed by atoms with Crippen molar-refractivity contribution in [2.45, 2.75) is 13.1 Å².